The molecule has 0 atom stereocenters. The lowest BCUT2D eigenvalue weighted by atomic mass is 10.0. The Morgan fingerprint density at radius 3 is 2.75 bits per heavy atom. The largest absolute Gasteiger partial charge is 0.494 e. The van der Waals surface area contributed by atoms with Crippen molar-refractivity contribution in [2.45, 2.75) is 30.6 Å². The third kappa shape index (κ3) is 4.74. The number of fused-ring (bicyclic) bond motifs is 1. The number of hydrogen-bond donors (Lipinski definition) is 1. The van der Waals surface area contributed by atoms with Crippen LogP contribution in [0.5, 0.6) is 5.75 Å². The summed E-state index contributed by atoms with van der Waals surface area (Å²) in [5, 5.41) is 2.87. The van der Waals surface area contributed by atoms with E-state index in [-0.39, 0.29) is 11.7 Å². The molecule has 2 aromatic carbocycles. The summed E-state index contributed by atoms with van der Waals surface area (Å²) in [4.78, 5) is 12.4. The van der Waals surface area contributed by atoms with Gasteiger partial charge in [0.2, 0.25) is 5.91 Å². The van der Waals surface area contributed by atoms with Gasteiger partial charge < -0.3 is 10.1 Å². The molecule has 1 aliphatic heterocycles. The topological polar surface area (TPSA) is 38.3 Å². The Balaban J connectivity index is 1.36. The molecule has 0 fully saturated rings. The van der Waals surface area contributed by atoms with Crippen LogP contribution in [0.15, 0.2) is 47.4 Å². The van der Waals surface area contributed by atoms with Gasteiger partial charge in [0, 0.05) is 17.0 Å². The Labute approximate surface area is 145 Å². The molecule has 1 amide bonds. The van der Waals surface area contributed by atoms with Gasteiger partial charge >= 0.3 is 0 Å². The maximum absolute atomic E-state index is 12.8. The van der Waals surface area contributed by atoms with E-state index in [1.54, 1.807) is 11.8 Å². The quantitative estimate of drug-likeness (QED) is 0.586. The van der Waals surface area contributed by atoms with Crippen LogP contribution >= 0.6 is 11.8 Å². The zero-order chi connectivity index (χ0) is 16.8. The Kier molecular flexibility index (Phi) is 5.75. The van der Waals surface area contributed by atoms with Crippen molar-refractivity contribution in [3.63, 3.8) is 0 Å². The van der Waals surface area contributed by atoms with Crippen LogP contribution in [0.25, 0.3) is 0 Å². The number of benzene rings is 2. The minimum atomic E-state index is -0.197. The molecule has 0 saturated heterocycles. The highest BCUT2D eigenvalue weighted by Crippen LogP contribution is 2.27. The minimum Gasteiger partial charge on any atom is -0.494 e. The van der Waals surface area contributed by atoms with Gasteiger partial charge in [-0.15, -0.1) is 11.8 Å². The molecule has 1 heterocycles. The SMILES string of the molecule is O=C1CCc2cc(OCCCCSc3ccc(F)cc3)ccc2N1. The molecule has 0 aliphatic carbocycles. The van der Waals surface area contributed by atoms with E-state index in [0.29, 0.717) is 13.0 Å². The average molecular weight is 345 g/mol. The zero-order valence-corrected chi connectivity index (χ0v) is 14.2. The molecule has 0 unspecified atom stereocenters. The van der Waals surface area contributed by atoms with Crippen molar-refractivity contribution < 1.29 is 13.9 Å². The number of anilines is 1. The van der Waals surface area contributed by atoms with E-state index in [1.807, 2.05) is 30.3 Å². The van der Waals surface area contributed by atoms with Crippen LogP contribution in [0.1, 0.15) is 24.8 Å². The van der Waals surface area contributed by atoms with Crippen LogP contribution in [0.2, 0.25) is 0 Å². The number of aryl methyl sites for hydroxylation is 1. The van der Waals surface area contributed by atoms with E-state index in [2.05, 4.69) is 5.32 Å². The Morgan fingerprint density at radius 2 is 1.92 bits per heavy atom. The van der Waals surface area contributed by atoms with Gasteiger partial charge in [0.05, 0.1) is 6.61 Å². The van der Waals surface area contributed by atoms with E-state index in [1.165, 1.54) is 12.1 Å². The number of thioether (sulfide) groups is 1. The van der Waals surface area contributed by atoms with Crippen molar-refractivity contribution in [3.05, 3.63) is 53.8 Å². The molecule has 1 N–H and O–H groups in total. The van der Waals surface area contributed by atoms with E-state index < -0.39 is 0 Å². The van der Waals surface area contributed by atoms with Gasteiger partial charge in [-0.25, -0.2) is 4.39 Å². The minimum absolute atomic E-state index is 0.0785. The molecule has 2 aromatic rings. The van der Waals surface area contributed by atoms with Crippen LogP contribution in [-0.2, 0) is 11.2 Å². The highest BCUT2D eigenvalue weighted by molar-refractivity contribution is 7.99. The van der Waals surface area contributed by atoms with Gasteiger partial charge in [-0.3, -0.25) is 4.79 Å². The molecule has 0 bridgehead atoms. The van der Waals surface area contributed by atoms with Crippen LogP contribution in [-0.4, -0.2) is 18.3 Å². The number of unbranched alkanes of at least 4 members (excludes halogenated alkanes) is 1. The molecule has 3 nitrogen and oxygen atoms in total. The Hall–Kier alpha value is -2.01. The molecule has 1 aliphatic rings. The molecule has 3 rings (SSSR count). The van der Waals surface area contributed by atoms with Gasteiger partial charge in [-0.1, -0.05) is 0 Å². The average Bonchev–Trinajstić information content (AvgIpc) is 2.59. The lowest BCUT2D eigenvalue weighted by molar-refractivity contribution is -0.116. The van der Waals surface area contributed by atoms with Crippen molar-refractivity contribution in [2.75, 3.05) is 17.7 Å². The summed E-state index contributed by atoms with van der Waals surface area (Å²) >= 11 is 1.73. The molecular weight excluding hydrogens is 325 g/mol. The highest BCUT2D eigenvalue weighted by atomic mass is 32.2. The normalized spacial score (nSPS) is 13.3. The van der Waals surface area contributed by atoms with Crippen LogP contribution in [0, 0.1) is 5.82 Å². The first-order valence-electron chi connectivity index (χ1n) is 8.15. The van der Waals surface area contributed by atoms with Gasteiger partial charge in [0.25, 0.3) is 0 Å². The standard InChI is InChI=1S/C19H20FNO2S/c20-15-4-7-17(8-5-15)24-12-2-1-11-23-16-6-9-18-14(13-16)3-10-19(22)21-18/h4-9,13H,1-3,10-12H2,(H,21,22). The molecule has 0 spiro atoms. The summed E-state index contributed by atoms with van der Waals surface area (Å²) in [7, 11) is 0. The lowest BCUT2D eigenvalue weighted by Gasteiger charge is -2.17. The van der Waals surface area contributed by atoms with E-state index in [0.717, 1.165) is 46.9 Å². The Morgan fingerprint density at radius 1 is 1.08 bits per heavy atom. The first-order chi connectivity index (χ1) is 11.7. The van der Waals surface area contributed by atoms with Crippen LogP contribution in [0.3, 0.4) is 0 Å². The molecule has 5 heteroatoms. The number of ether oxygens (including phenoxy) is 1. The number of amides is 1. The summed E-state index contributed by atoms with van der Waals surface area (Å²) in [5.41, 5.74) is 2.04. The maximum Gasteiger partial charge on any atom is 0.224 e. The fourth-order valence-corrected chi connectivity index (χ4v) is 3.48. The Bertz CT molecular complexity index is 703. The summed E-state index contributed by atoms with van der Waals surface area (Å²) in [6.07, 6.45) is 3.33. The number of nitrogens with one attached hydrogen (secondary N) is 1. The number of rotatable bonds is 7. The van der Waals surface area contributed by atoms with Gasteiger partial charge in [-0.2, -0.15) is 0 Å². The molecule has 24 heavy (non-hydrogen) atoms. The number of carbonyl (C=O) groups is 1. The second kappa shape index (κ2) is 8.20. The molecule has 0 radical (unpaired) electrons. The first-order valence-corrected chi connectivity index (χ1v) is 9.13. The zero-order valence-electron chi connectivity index (χ0n) is 13.4. The number of hydrogen-bond acceptors (Lipinski definition) is 3. The summed E-state index contributed by atoms with van der Waals surface area (Å²) in [6.45, 7) is 0.676. The lowest BCUT2D eigenvalue weighted by Crippen LogP contribution is -2.18. The molecule has 126 valence electrons. The summed E-state index contributed by atoms with van der Waals surface area (Å²) in [5.74, 6) is 1.73. The van der Waals surface area contributed by atoms with Crippen molar-refractivity contribution in [3.8, 4) is 5.75 Å². The molecule has 0 aromatic heterocycles. The van der Waals surface area contributed by atoms with Gasteiger partial charge in [0.15, 0.2) is 0 Å². The van der Waals surface area contributed by atoms with E-state index in [9.17, 15) is 9.18 Å². The van der Waals surface area contributed by atoms with Gasteiger partial charge in [-0.05, 0) is 73.0 Å². The predicted molar refractivity (Wildman–Crippen MR) is 95.2 cm³/mol. The van der Waals surface area contributed by atoms with Crippen LogP contribution in [0.4, 0.5) is 10.1 Å². The predicted octanol–water partition coefficient (Wildman–Crippen LogP) is 4.66. The molecule has 0 saturated carbocycles. The van der Waals surface area contributed by atoms with Crippen molar-refractivity contribution in [2.24, 2.45) is 0 Å². The van der Waals surface area contributed by atoms with Gasteiger partial charge in [0.1, 0.15) is 11.6 Å². The molecular formula is C19H20FNO2S. The summed E-state index contributed by atoms with van der Waals surface area (Å²) < 4.78 is 18.6. The number of carbonyl (C=O) groups excluding carboxylic acids is 1. The third-order valence-corrected chi connectivity index (χ3v) is 4.96. The first kappa shape index (κ1) is 16.8. The monoisotopic (exact) mass is 345 g/mol. The van der Waals surface area contributed by atoms with Crippen LogP contribution < -0.4 is 10.1 Å². The maximum atomic E-state index is 12.8. The second-order valence-electron chi connectivity index (χ2n) is 5.73. The smallest absolute Gasteiger partial charge is 0.224 e. The fourth-order valence-electron chi connectivity index (χ4n) is 2.56. The van der Waals surface area contributed by atoms with E-state index >= 15 is 0 Å². The fraction of sp³-hybridized carbons (Fsp3) is 0.316. The number of halogens is 1. The second-order valence-corrected chi connectivity index (χ2v) is 6.89. The van der Waals surface area contributed by atoms with Crippen molar-refractivity contribution >= 4 is 23.4 Å². The third-order valence-electron chi connectivity index (χ3n) is 3.86. The van der Waals surface area contributed by atoms with E-state index in [4.69, 9.17) is 4.74 Å². The van der Waals surface area contributed by atoms with Crippen molar-refractivity contribution in [1.82, 2.24) is 0 Å². The van der Waals surface area contributed by atoms with Crippen molar-refractivity contribution in [1.29, 1.82) is 0 Å². The summed E-state index contributed by atoms with van der Waals surface area (Å²) in [6, 6.07) is 12.4. The highest BCUT2D eigenvalue weighted by Gasteiger charge is 2.14.